The zero-order valence-corrected chi connectivity index (χ0v) is 13.8. The maximum absolute atomic E-state index is 12.2. The highest BCUT2D eigenvalue weighted by Gasteiger charge is 2.24. The van der Waals surface area contributed by atoms with Crippen LogP contribution >= 0.6 is 0 Å². The molecule has 0 radical (unpaired) electrons. The van der Waals surface area contributed by atoms with Crippen LogP contribution in [0.25, 0.3) is 0 Å². The number of aromatic hydroxyl groups is 1. The van der Waals surface area contributed by atoms with Crippen LogP contribution in [0.5, 0.6) is 5.75 Å². The first-order valence-electron chi connectivity index (χ1n) is 8.28. The average Bonchev–Trinajstić information content (AvgIpc) is 3.04. The van der Waals surface area contributed by atoms with Crippen molar-refractivity contribution in [2.75, 3.05) is 18.0 Å². The Morgan fingerprint density at radius 2 is 2.00 bits per heavy atom. The number of phenols is 1. The highest BCUT2D eigenvalue weighted by atomic mass is 16.3. The van der Waals surface area contributed by atoms with Crippen molar-refractivity contribution >= 4 is 11.7 Å². The van der Waals surface area contributed by atoms with Gasteiger partial charge >= 0.3 is 6.03 Å². The van der Waals surface area contributed by atoms with Crippen LogP contribution in [0.3, 0.4) is 0 Å². The summed E-state index contributed by atoms with van der Waals surface area (Å²) in [7, 11) is 0. The topological polar surface area (TPSA) is 64.6 Å². The molecule has 2 amide bonds. The van der Waals surface area contributed by atoms with E-state index in [9.17, 15) is 9.90 Å². The molecule has 5 heteroatoms. The molecule has 0 aliphatic carbocycles. The van der Waals surface area contributed by atoms with Gasteiger partial charge in [-0.1, -0.05) is 30.3 Å². The van der Waals surface area contributed by atoms with Crippen LogP contribution in [0.4, 0.5) is 10.5 Å². The van der Waals surface area contributed by atoms with Gasteiger partial charge in [-0.15, -0.1) is 0 Å². The van der Waals surface area contributed by atoms with Gasteiger partial charge in [-0.05, 0) is 43.2 Å². The van der Waals surface area contributed by atoms with E-state index in [0.29, 0.717) is 0 Å². The van der Waals surface area contributed by atoms with E-state index >= 15 is 0 Å². The number of phenolic OH excluding ortho intramolecular Hbond substituents is 1. The van der Waals surface area contributed by atoms with Crippen LogP contribution in [0.1, 0.15) is 24.9 Å². The van der Waals surface area contributed by atoms with Crippen LogP contribution < -0.4 is 15.5 Å². The van der Waals surface area contributed by atoms with Gasteiger partial charge in [0.05, 0.1) is 6.04 Å². The molecule has 3 rings (SSSR count). The van der Waals surface area contributed by atoms with Crippen molar-refractivity contribution in [3.63, 3.8) is 0 Å². The van der Waals surface area contributed by atoms with Gasteiger partial charge in [0.15, 0.2) is 0 Å². The van der Waals surface area contributed by atoms with Crippen molar-refractivity contribution in [1.82, 2.24) is 10.6 Å². The molecular weight excluding hydrogens is 302 g/mol. The Labute approximate surface area is 142 Å². The third kappa shape index (κ3) is 3.98. The molecule has 3 N–H and O–H groups in total. The first-order valence-corrected chi connectivity index (χ1v) is 8.28. The van der Waals surface area contributed by atoms with E-state index in [4.69, 9.17) is 0 Å². The minimum absolute atomic E-state index is 0.140. The van der Waals surface area contributed by atoms with Gasteiger partial charge < -0.3 is 20.6 Å². The number of carbonyl (C=O) groups is 1. The molecule has 2 aromatic carbocycles. The van der Waals surface area contributed by atoms with E-state index in [1.807, 2.05) is 31.2 Å². The quantitative estimate of drug-likeness (QED) is 0.809. The number of anilines is 1. The van der Waals surface area contributed by atoms with E-state index in [1.54, 1.807) is 18.2 Å². The number of nitrogens with zero attached hydrogens (tertiary/aromatic N) is 1. The lowest BCUT2D eigenvalue weighted by Gasteiger charge is -2.20. The van der Waals surface area contributed by atoms with E-state index < -0.39 is 0 Å². The third-order valence-electron chi connectivity index (χ3n) is 4.36. The fourth-order valence-electron chi connectivity index (χ4n) is 3.05. The Morgan fingerprint density at radius 1 is 1.21 bits per heavy atom. The highest BCUT2D eigenvalue weighted by molar-refractivity contribution is 5.75. The zero-order chi connectivity index (χ0) is 16.9. The SMILES string of the molecule is C[C@@H](NC(=O)NC1CCN(c2ccccc2)C1)c1cccc(O)c1. The summed E-state index contributed by atoms with van der Waals surface area (Å²) in [6.07, 6.45) is 0.933. The second kappa shape index (κ2) is 7.25. The average molecular weight is 325 g/mol. The van der Waals surface area contributed by atoms with E-state index in [0.717, 1.165) is 25.1 Å². The number of para-hydroxylation sites is 1. The number of rotatable bonds is 4. The molecule has 2 aromatic rings. The Hall–Kier alpha value is -2.69. The van der Waals surface area contributed by atoms with E-state index in [-0.39, 0.29) is 23.9 Å². The maximum atomic E-state index is 12.2. The lowest BCUT2D eigenvalue weighted by Crippen LogP contribution is -2.44. The molecule has 1 fully saturated rings. The molecule has 1 heterocycles. The summed E-state index contributed by atoms with van der Waals surface area (Å²) in [5, 5.41) is 15.5. The van der Waals surface area contributed by atoms with Gasteiger partial charge in [0, 0.05) is 24.8 Å². The van der Waals surface area contributed by atoms with Gasteiger partial charge in [0.2, 0.25) is 0 Å². The molecule has 2 atom stereocenters. The molecule has 0 aromatic heterocycles. The molecule has 0 spiro atoms. The third-order valence-corrected chi connectivity index (χ3v) is 4.36. The highest BCUT2D eigenvalue weighted by Crippen LogP contribution is 2.20. The van der Waals surface area contributed by atoms with Crippen molar-refractivity contribution in [1.29, 1.82) is 0 Å². The van der Waals surface area contributed by atoms with E-state index in [2.05, 4.69) is 27.7 Å². The predicted octanol–water partition coefficient (Wildman–Crippen LogP) is 3.03. The monoisotopic (exact) mass is 325 g/mol. The molecule has 1 unspecified atom stereocenters. The van der Waals surface area contributed by atoms with Crippen molar-refractivity contribution in [3.8, 4) is 5.75 Å². The number of hydrogen-bond donors (Lipinski definition) is 3. The number of amides is 2. The standard InChI is InChI=1S/C19H23N3O2/c1-14(15-6-5-9-18(23)12-15)20-19(24)21-16-10-11-22(13-16)17-7-3-2-4-8-17/h2-9,12,14,16,23H,10-11,13H2,1H3,(H2,20,21,24)/t14-,16?/m1/s1. The number of urea groups is 1. The lowest BCUT2D eigenvalue weighted by atomic mass is 10.1. The number of nitrogens with one attached hydrogen (secondary N) is 2. The number of hydrogen-bond acceptors (Lipinski definition) is 3. The summed E-state index contributed by atoms with van der Waals surface area (Å²) in [5.74, 6) is 0.204. The van der Waals surface area contributed by atoms with Crippen molar-refractivity contribution in [2.45, 2.75) is 25.4 Å². The smallest absolute Gasteiger partial charge is 0.315 e. The predicted molar refractivity (Wildman–Crippen MR) is 95.2 cm³/mol. The van der Waals surface area contributed by atoms with Crippen molar-refractivity contribution < 1.29 is 9.90 Å². The Balaban J connectivity index is 1.51. The first-order chi connectivity index (χ1) is 11.6. The van der Waals surface area contributed by atoms with Crippen LogP contribution in [0, 0.1) is 0 Å². The minimum Gasteiger partial charge on any atom is -0.508 e. The van der Waals surface area contributed by atoms with Crippen molar-refractivity contribution in [3.05, 3.63) is 60.2 Å². The van der Waals surface area contributed by atoms with Crippen LogP contribution in [0.15, 0.2) is 54.6 Å². The summed E-state index contributed by atoms with van der Waals surface area (Å²) in [4.78, 5) is 14.5. The van der Waals surface area contributed by atoms with Crippen molar-refractivity contribution in [2.24, 2.45) is 0 Å². The molecule has 5 nitrogen and oxygen atoms in total. The summed E-state index contributed by atoms with van der Waals surface area (Å²) in [6.45, 7) is 3.66. The molecule has 1 saturated heterocycles. The van der Waals surface area contributed by atoms with Gasteiger partial charge in [-0.2, -0.15) is 0 Å². The van der Waals surface area contributed by atoms with Gasteiger partial charge in [0.25, 0.3) is 0 Å². The fraction of sp³-hybridized carbons (Fsp3) is 0.316. The molecule has 24 heavy (non-hydrogen) atoms. The lowest BCUT2D eigenvalue weighted by molar-refractivity contribution is 0.235. The molecule has 0 saturated carbocycles. The summed E-state index contributed by atoms with van der Waals surface area (Å²) in [6, 6.07) is 17.0. The second-order valence-electron chi connectivity index (χ2n) is 6.20. The Morgan fingerprint density at radius 3 is 2.75 bits per heavy atom. The molecule has 1 aliphatic heterocycles. The summed E-state index contributed by atoms with van der Waals surface area (Å²) < 4.78 is 0. The largest absolute Gasteiger partial charge is 0.508 e. The molecule has 1 aliphatic rings. The maximum Gasteiger partial charge on any atom is 0.315 e. The van der Waals surface area contributed by atoms with Crippen LogP contribution in [-0.4, -0.2) is 30.3 Å². The van der Waals surface area contributed by atoms with E-state index in [1.165, 1.54) is 5.69 Å². The Kier molecular flexibility index (Phi) is 4.89. The van der Waals surface area contributed by atoms with Gasteiger partial charge in [-0.25, -0.2) is 4.79 Å². The Bertz CT molecular complexity index is 690. The fourth-order valence-corrected chi connectivity index (χ4v) is 3.05. The number of benzene rings is 2. The second-order valence-corrected chi connectivity index (χ2v) is 6.20. The van der Waals surface area contributed by atoms with Crippen LogP contribution in [0.2, 0.25) is 0 Å². The summed E-state index contributed by atoms with van der Waals surface area (Å²) >= 11 is 0. The van der Waals surface area contributed by atoms with Crippen LogP contribution in [-0.2, 0) is 0 Å². The number of carbonyl (C=O) groups excluding carboxylic acids is 1. The molecule has 126 valence electrons. The van der Waals surface area contributed by atoms with Gasteiger partial charge in [-0.3, -0.25) is 0 Å². The first kappa shape index (κ1) is 16.2. The minimum atomic E-state index is -0.175. The zero-order valence-electron chi connectivity index (χ0n) is 13.8. The normalized spacial score (nSPS) is 18.2. The van der Waals surface area contributed by atoms with Gasteiger partial charge in [0.1, 0.15) is 5.75 Å². The molecule has 0 bridgehead atoms. The molecular formula is C19H23N3O2. The summed E-state index contributed by atoms with van der Waals surface area (Å²) in [5.41, 5.74) is 2.07.